The van der Waals surface area contributed by atoms with E-state index in [4.69, 9.17) is 13.9 Å². The summed E-state index contributed by atoms with van der Waals surface area (Å²) in [5.41, 5.74) is 2.55. The fourth-order valence-electron chi connectivity index (χ4n) is 3.97. The topological polar surface area (TPSA) is 68.0 Å². The Hall–Kier alpha value is -2.74. The summed E-state index contributed by atoms with van der Waals surface area (Å²) >= 11 is 0. The summed E-state index contributed by atoms with van der Waals surface area (Å²) < 4.78 is 16.8. The van der Waals surface area contributed by atoms with Crippen LogP contribution in [0.3, 0.4) is 0 Å². The molecule has 0 radical (unpaired) electrons. The number of ether oxygens (including phenoxy) is 2. The van der Waals surface area contributed by atoms with Gasteiger partial charge in [0.15, 0.2) is 5.76 Å². The fraction of sp³-hybridized carbons (Fsp3) is 0.417. The Balaban J connectivity index is 1.55. The van der Waals surface area contributed by atoms with Crippen molar-refractivity contribution in [2.75, 3.05) is 46.5 Å². The molecule has 1 saturated heterocycles. The second kappa shape index (κ2) is 10.5. The van der Waals surface area contributed by atoms with Crippen molar-refractivity contribution in [3.63, 3.8) is 0 Å². The summed E-state index contributed by atoms with van der Waals surface area (Å²) in [7, 11) is 1.63. The third kappa shape index (κ3) is 5.31. The van der Waals surface area contributed by atoms with Crippen LogP contribution in [0, 0.1) is 0 Å². The molecule has 4 rings (SSSR count). The molecule has 31 heavy (non-hydrogen) atoms. The van der Waals surface area contributed by atoms with Gasteiger partial charge in [0.25, 0.3) is 5.91 Å². The predicted octanol–water partition coefficient (Wildman–Crippen LogP) is 3.34. The van der Waals surface area contributed by atoms with E-state index in [0.717, 1.165) is 55.8 Å². The number of carbonyl (C=O) groups excluding carboxylic acids is 1. The number of amides is 1. The van der Waals surface area contributed by atoms with Gasteiger partial charge in [-0.3, -0.25) is 14.7 Å². The zero-order valence-electron chi connectivity index (χ0n) is 18.0. The number of furan rings is 1. The van der Waals surface area contributed by atoms with Crippen LogP contribution in [0.4, 0.5) is 0 Å². The van der Waals surface area contributed by atoms with Crippen molar-refractivity contribution in [3.05, 3.63) is 65.7 Å². The number of nitrogens with zero attached hydrogens (tertiary/aromatic N) is 3. The molecule has 164 valence electrons. The predicted molar refractivity (Wildman–Crippen MR) is 118 cm³/mol. The Morgan fingerprint density at radius 2 is 1.94 bits per heavy atom. The number of hydrogen-bond donors (Lipinski definition) is 0. The molecule has 7 nitrogen and oxygen atoms in total. The van der Waals surface area contributed by atoms with Crippen LogP contribution in [0.1, 0.15) is 28.1 Å². The number of pyridine rings is 1. The van der Waals surface area contributed by atoms with Crippen molar-refractivity contribution in [3.8, 4) is 0 Å². The SMILES string of the molecule is COCc1c(C(=O)N(CCCN2CCOCC2)Cc2ccncc2)oc2ccccc12. The molecular formula is C24H29N3O4. The molecule has 1 fully saturated rings. The van der Waals surface area contributed by atoms with Crippen LogP contribution < -0.4 is 0 Å². The number of fused-ring (bicyclic) bond motifs is 1. The lowest BCUT2D eigenvalue weighted by molar-refractivity contribution is 0.0354. The van der Waals surface area contributed by atoms with Crippen molar-refractivity contribution in [1.82, 2.24) is 14.8 Å². The van der Waals surface area contributed by atoms with Gasteiger partial charge in [-0.25, -0.2) is 0 Å². The van der Waals surface area contributed by atoms with Crippen LogP contribution in [0.25, 0.3) is 11.0 Å². The van der Waals surface area contributed by atoms with E-state index in [2.05, 4.69) is 9.88 Å². The second-order valence-corrected chi connectivity index (χ2v) is 7.73. The van der Waals surface area contributed by atoms with Crippen LogP contribution in [0.5, 0.6) is 0 Å². The van der Waals surface area contributed by atoms with Gasteiger partial charge in [0, 0.05) is 63.2 Å². The number of methoxy groups -OCH3 is 1. The highest BCUT2D eigenvalue weighted by molar-refractivity contribution is 5.99. The van der Waals surface area contributed by atoms with E-state index in [-0.39, 0.29) is 5.91 Å². The van der Waals surface area contributed by atoms with E-state index in [1.165, 1.54) is 0 Å². The van der Waals surface area contributed by atoms with Gasteiger partial charge in [-0.15, -0.1) is 0 Å². The quantitative estimate of drug-likeness (QED) is 0.526. The van der Waals surface area contributed by atoms with Gasteiger partial charge >= 0.3 is 0 Å². The summed E-state index contributed by atoms with van der Waals surface area (Å²) in [6.07, 6.45) is 4.39. The molecule has 0 unspecified atom stereocenters. The third-order valence-electron chi connectivity index (χ3n) is 5.60. The van der Waals surface area contributed by atoms with Crippen LogP contribution >= 0.6 is 0 Å². The third-order valence-corrected chi connectivity index (χ3v) is 5.60. The average Bonchev–Trinajstić information content (AvgIpc) is 3.18. The molecule has 0 aliphatic carbocycles. The van der Waals surface area contributed by atoms with Crippen molar-refractivity contribution in [2.45, 2.75) is 19.6 Å². The minimum atomic E-state index is -0.109. The normalized spacial score (nSPS) is 14.7. The Labute approximate surface area is 182 Å². The Bertz CT molecular complexity index is 983. The van der Waals surface area contributed by atoms with Crippen molar-refractivity contribution in [2.24, 2.45) is 0 Å². The fourth-order valence-corrected chi connectivity index (χ4v) is 3.97. The Morgan fingerprint density at radius 3 is 2.71 bits per heavy atom. The highest BCUT2D eigenvalue weighted by Gasteiger charge is 2.25. The number of hydrogen-bond acceptors (Lipinski definition) is 6. The van der Waals surface area contributed by atoms with Crippen LogP contribution in [0.2, 0.25) is 0 Å². The number of para-hydroxylation sites is 1. The molecule has 7 heteroatoms. The molecule has 0 spiro atoms. The summed E-state index contributed by atoms with van der Waals surface area (Å²) in [4.78, 5) is 22.0. The van der Waals surface area contributed by atoms with E-state index < -0.39 is 0 Å². The van der Waals surface area contributed by atoms with Crippen LogP contribution in [0.15, 0.2) is 53.2 Å². The molecule has 1 aliphatic heterocycles. The first-order valence-electron chi connectivity index (χ1n) is 10.7. The lowest BCUT2D eigenvalue weighted by Crippen LogP contribution is -2.39. The van der Waals surface area contributed by atoms with Crippen molar-refractivity contribution < 1.29 is 18.7 Å². The minimum Gasteiger partial charge on any atom is -0.451 e. The molecule has 0 atom stereocenters. The van der Waals surface area contributed by atoms with Crippen LogP contribution in [-0.4, -0.2) is 67.2 Å². The largest absolute Gasteiger partial charge is 0.451 e. The highest BCUT2D eigenvalue weighted by atomic mass is 16.5. The van der Waals surface area contributed by atoms with Gasteiger partial charge in [0.2, 0.25) is 0 Å². The first-order valence-corrected chi connectivity index (χ1v) is 10.7. The standard InChI is InChI=1S/C24H29N3O4/c1-29-18-21-20-5-2-3-6-22(20)31-23(21)24(28)27(17-19-7-9-25-10-8-19)12-4-11-26-13-15-30-16-14-26/h2-3,5-10H,4,11-18H2,1H3. The van der Waals surface area contributed by atoms with Gasteiger partial charge in [0.1, 0.15) is 5.58 Å². The molecule has 0 bridgehead atoms. The molecule has 3 heterocycles. The molecule has 1 aliphatic rings. The lowest BCUT2D eigenvalue weighted by Gasteiger charge is -2.28. The molecule has 0 N–H and O–H groups in total. The number of benzene rings is 1. The van der Waals surface area contributed by atoms with Gasteiger partial charge in [0.05, 0.1) is 19.8 Å². The Morgan fingerprint density at radius 1 is 1.16 bits per heavy atom. The second-order valence-electron chi connectivity index (χ2n) is 7.73. The Kier molecular flexibility index (Phi) is 7.30. The molecule has 2 aromatic heterocycles. The van der Waals surface area contributed by atoms with Gasteiger partial charge in [-0.1, -0.05) is 18.2 Å². The summed E-state index contributed by atoms with van der Waals surface area (Å²) in [5, 5.41) is 0.921. The summed E-state index contributed by atoms with van der Waals surface area (Å²) in [6.45, 7) is 5.86. The first kappa shape index (κ1) is 21.5. The van der Waals surface area contributed by atoms with E-state index in [1.807, 2.05) is 41.3 Å². The molecule has 3 aromatic rings. The number of morpholine rings is 1. The zero-order chi connectivity index (χ0) is 21.5. The maximum atomic E-state index is 13.6. The maximum absolute atomic E-state index is 13.6. The monoisotopic (exact) mass is 423 g/mol. The van der Waals surface area contributed by atoms with E-state index in [0.29, 0.717) is 31.0 Å². The smallest absolute Gasteiger partial charge is 0.290 e. The number of rotatable bonds is 9. The van der Waals surface area contributed by atoms with E-state index >= 15 is 0 Å². The summed E-state index contributed by atoms with van der Waals surface area (Å²) in [5.74, 6) is 0.255. The molecule has 0 saturated carbocycles. The average molecular weight is 424 g/mol. The molecular weight excluding hydrogens is 394 g/mol. The maximum Gasteiger partial charge on any atom is 0.290 e. The van der Waals surface area contributed by atoms with Crippen molar-refractivity contribution in [1.29, 1.82) is 0 Å². The highest BCUT2D eigenvalue weighted by Crippen LogP contribution is 2.28. The van der Waals surface area contributed by atoms with Crippen LogP contribution in [-0.2, 0) is 22.6 Å². The van der Waals surface area contributed by atoms with E-state index in [9.17, 15) is 4.79 Å². The minimum absolute atomic E-state index is 0.109. The first-order chi connectivity index (χ1) is 15.3. The summed E-state index contributed by atoms with van der Waals surface area (Å²) in [6, 6.07) is 11.6. The van der Waals surface area contributed by atoms with Gasteiger partial charge in [-0.05, 0) is 30.2 Å². The lowest BCUT2D eigenvalue weighted by atomic mass is 10.1. The van der Waals surface area contributed by atoms with Crippen molar-refractivity contribution >= 4 is 16.9 Å². The van der Waals surface area contributed by atoms with E-state index in [1.54, 1.807) is 19.5 Å². The zero-order valence-corrected chi connectivity index (χ0v) is 18.0. The van der Waals surface area contributed by atoms with Gasteiger partial charge < -0.3 is 18.8 Å². The van der Waals surface area contributed by atoms with Gasteiger partial charge in [-0.2, -0.15) is 0 Å². The molecule has 1 aromatic carbocycles. The number of aromatic nitrogens is 1. The number of carbonyl (C=O) groups is 1. The molecule has 1 amide bonds.